The van der Waals surface area contributed by atoms with E-state index < -0.39 is 0 Å². The topological polar surface area (TPSA) is 44.1 Å². The molecule has 1 aliphatic heterocycles. The minimum Gasteiger partial charge on any atom is -0.300 e. The van der Waals surface area contributed by atoms with Gasteiger partial charge in [-0.1, -0.05) is 0 Å². The zero-order valence-corrected chi connectivity index (χ0v) is 6.84. The summed E-state index contributed by atoms with van der Waals surface area (Å²) < 4.78 is 0. The number of Topliss-reactive ketones (excluding diaryl/α,β-unsaturated/α-hetero) is 1. The lowest BCUT2D eigenvalue weighted by molar-refractivity contribution is -0.120. The van der Waals surface area contributed by atoms with Crippen molar-refractivity contribution in [1.82, 2.24) is 4.90 Å². The molecule has 3 nitrogen and oxygen atoms in total. The van der Waals surface area contributed by atoms with Crippen molar-refractivity contribution in [3.63, 3.8) is 0 Å². The molecule has 0 N–H and O–H groups in total. The highest BCUT2D eigenvalue weighted by Crippen LogP contribution is 2.16. The highest BCUT2D eigenvalue weighted by molar-refractivity contribution is 6.28. The van der Waals surface area contributed by atoms with Crippen LogP contribution in [0.5, 0.6) is 0 Å². The molecule has 0 aromatic rings. The normalized spacial score (nSPS) is 23.3. The second-order valence-corrected chi connectivity index (χ2v) is 2.82. The van der Waals surface area contributed by atoms with Crippen LogP contribution in [0.15, 0.2) is 0 Å². The van der Waals surface area contributed by atoms with Crippen molar-refractivity contribution in [2.45, 2.75) is 18.9 Å². The lowest BCUT2D eigenvalue weighted by Crippen LogP contribution is -2.33. The molecule has 0 saturated carbocycles. The second kappa shape index (κ2) is 3.59. The number of hydrogen-bond acceptors (Lipinski definition) is 3. The molecule has 0 amide bonds. The summed E-state index contributed by atoms with van der Waals surface area (Å²) in [5.74, 6) is -0.0197. The third-order valence-electron chi connectivity index (χ3n) is 1.88. The summed E-state index contributed by atoms with van der Waals surface area (Å²) in [6.07, 6.45) is 3.68. The molecule has 1 saturated heterocycles. The zero-order chi connectivity index (χ0) is 8.27. The van der Waals surface area contributed by atoms with E-state index >= 15 is 0 Å². The fourth-order valence-corrected chi connectivity index (χ4v) is 1.49. The molecule has 1 unspecified atom stereocenters. The number of carbonyl (C=O) groups excluding carboxylic acids is 1. The maximum absolute atomic E-state index is 11.1. The summed E-state index contributed by atoms with van der Waals surface area (Å²) in [7, 11) is 0. The number of alkyl halides is 1. The smallest absolute Gasteiger partial charge is 0.180 e. The first-order chi connectivity index (χ1) is 5.29. The number of rotatable bonds is 2. The van der Waals surface area contributed by atoms with Crippen LogP contribution in [0.4, 0.5) is 0 Å². The largest absolute Gasteiger partial charge is 0.300 e. The molecule has 0 radical (unpaired) electrons. The van der Waals surface area contributed by atoms with Gasteiger partial charge in [0.05, 0.1) is 11.9 Å². The highest BCUT2D eigenvalue weighted by atomic mass is 35.5. The van der Waals surface area contributed by atoms with E-state index in [2.05, 4.69) is 0 Å². The average Bonchev–Trinajstić information content (AvgIpc) is 2.50. The van der Waals surface area contributed by atoms with Crippen molar-refractivity contribution in [3.05, 3.63) is 0 Å². The monoisotopic (exact) mass is 172 g/mol. The van der Waals surface area contributed by atoms with Crippen LogP contribution >= 0.6 is 11.6 Å². The van der Waals surface area contributed by atoms with Gasteiger partial charge in [-0.3, -0.25) is 4.79 Å². The van der Waals surface area contributed by atoms with Crippen LogP contribution in [0.25, 0.3) is 0 Å². The molecule has 1 atom stereocenters. The molecule has 0 aromatic heterocycles. The molecule has 0 bridgehead atoms. The van der Waals surface area contributed by atoms with Crippen molar-refractivity contribution in [1.29, 1.82) is 5.26 Å². The first kappa shape index (κ1) is 8.35. The Hall–Kier alpha value is -0.750. The zero-order valence-electron chi connectivity index (χ0n) is 6.09. The number of carbonyl (C=O) groups is 1. The number of hydrogen-bond donors (Lipinski definition) is 0. The quantitative estimate of drug-likeness (QED) is 0.456. The number of nitriles is 1. The summed E-state index contributed by atoms with van der Waals surface area (Å²) in [6, 6.07) is -0.238. The molecule has 4 heteroatoms. The Balaban J connectivity index is 2.58. The van der Waals surface area contributed by atoms with Gasteiger partial charge >= 0.3 is 0 Å². The van der Waals surface area contributed by atoms with Gasteiger partial charge in [0.2, 0.25) is 0 Å². The maximum atomic E-state index is 11.1. The molecular formula is C7H9ClN2O. The minimum absolute atomic E-state index is 0.0167. The van der Waals surface area contributed by atoms with Crippen LogP contribution in [0, 0.1) is 11.5 Å². The third kappa shape index (κ3) is 1.63. The Bertz CT molecular complexity index is 199. The minimum atomic E-state index is -0.238. The predicted octanol–water partition coefficient (Wildman–Crippen LogP) is 0.740. The Labute approximate surface area is 70.5 Å². The van der Waals surface area contributed by atoms with Gasteiger partial charge in [0, 0.05) is 6.54 Å². The van der Waals surface area contributed by atoms with E-state index in [4.69, 9.17) is 16.9 Å². The van der Waals surface area contributed by atoms with Crippen molar-refractivity contribution in [2.24, 2.45) is 0 Å². The van der Waals surface area contributed by atoms with Crippen LogP contribution in [0.1, 0.15) is 12.8 Å². The number of likely N-dealkylation sites (tertiary alicyclic amines) is 1. The second-order valence-electron chi connectivity index (χ2n) is 2.55. The van der Waals surface area contributed by atoms with E-state index in [1.807, 2.05) is 6.19 Å². The van der Waals surface area contributed by atoms with Gasteiger partial charge in [-0.25, -0.2) is 0 Å². The van der Waals surface area contributed by atoms with Crippen molar-refractivity contribution in [3.8, 4) is 6.19 Å². The summed E-state index contributed by atoms with van der Waals surface area (Å²) in [4.78, 5) is 12.6. The SMILES string of the molecule is N#CN1CCCC1C(=O)CCl. The molecular weight excluding hydrogens is 164 g/mol. The van der Waals surface area contributed by atoms with Gasteiger partial charge in [0.25, 0.3) is 0 Å². The summed E-state index contributed by atoms with van der Waals surface area (Å²) in [6.45, 7) is 0.698. The van der Waals surface area contributed by atoms with E-state index in [1.54, 1.807) is 0 Å². The first-order valence-corrected chi connectivity index (χ1v) is 4.08. The molecule has 0 aliphatic carbocycles. The Kier molecular flexibility index (Phi) is 2.72. The van der Waals surface area contributed by atoms with E-state index in [1.165, 1.54) is 4.90 Å². The summed E-state index contributed by atoms with van der Waals surface area (Å²) >= 11 is 5.37. The Morgan fingerprint density at radius 2 is 2.55 bits per heavy atom. The molecule has 11 heavy (non-hydrogen) atoms. The van der Waals surface area contributed by atoms with E-state index in [9.17, 15) is 4.79 Å². The Morgan fingerprint density at radius 1 is 1.82 bits per heavy atom. The molecule has 1 aliphatic rings. The molecule has 60 valence electrons. The maximum Gasteiger partial charge on any atom is 0.180 e. The van der Waals surface area contributed by atoms with Crippen LogP contribution < -0.4 is 0 Å². The van der Waals surface area contributed by atoms with Crippen LogP contribution in [0.3, 0.4) is 0 Å². The van der Waals surface area contributed by atoms with Gasteiger partial charge in [0.1, 0.15) is 0 Å². The fourth-order valence-electron chi connectivity index (χ4n) is 1.31. The Morgan fingerprint density at radius 3 is 3.09 bits per heavy atom. The van der Waals surface area contributed by atoms with Crippen LogP contribution in [-0.4, -0.2) is 29.1 Å². The van der Waals surface area contributed by atoms with Gasteiger partial charge in [0.15, 0.2) is 12.0 Å². The standard InChI is InChI=1S/C7H9ClN2O/c8-4-7(11)6-2-1-3-10(6)5-9/h6H,1-4H2. The molecule has 1 rings (SSSR count). The van der Waals surface area contributed by atoms with Crippen LogP contribution in [-0.2, 0) is 4.79 Å². The first-order valence-electron chi connectivity index (χ1n) is 3.54. The number of ketones is 1. The van der Waals surface area contributed by atoms with E-state index in [0.717, 1.165) is 12.8 Å². The fraction of sp³-hybridized carbons (Fsp3) is 0.714. The lowest BCUT2D eigenvalue weighted by Gasteiger charge is -2.14. The predicted molar refractivity (Wildman–Crippen MR) is 41.1 cm³/mol. The van der Waals surface area contributed by atoms with Crippen molar-refractivity contribution >= 4 is 17.4 Å². The molecule has 1 fully saturated rings. The highest BCUT2D eigenvalue weighted by Gasteiger charge is 2.28. The average molecular weight is 173 g/mol. The van der Waals surface area contributed by atoms with E-state index in [-0.39, 0.29) is 17.7 Å². The van der Waals surface area contributed by atoms with E-state index in [0.29, 0.717) is 6.54 Å². The third-order valence-corrected chi connectivity index (χ3v) is 2.15. The van der Waals surface area contributed by atoms with Crippen LogP contribution in [0.2, 0.25) is 0 Å². The molecule has 1 heterocycles. The number of halogens is 1. The molecule has 0 spiro atoms. The lowest BCUT2D eigenvalue weighted by atomic mass is 10.1. The van der Waals surface area contributed by atoms with Gasteiger partial charge in [-0.15, -0.1) is 11.6 Å². The van der Waals surface area contributed by atoms with Gasteiger partial charge in [-0.05, 0) is 12.8 Å². The van der Waals surface area contributed by atoms with Gasteiger partial charge < -0.3 is 4.90 Å². The van der Waals surface area contributed by atoms with Crippen molar-refractivity contribution < 1.29 is 4.79 Å². The van der Waals surface area contributed by atoms with Crippen molar-refractivity contribution in [2.75, 3.05) is 12.4 Å². The van der Waals surface area contributed by atoms with Gasteiger partial charge in [-0.2, -0.15) is 5.26 Å². The number of nitrogens with zero attached hydrogens (tertiary/aromatic N) is 2. The summed E-state index contributed by atoms with van der Waals surface area (Å²) in [5, 5.41) is 8.56. The summed E-state index contributed by atoms with van der Waals surface area (Å²) in [5.41, 5.74) is 0. The molecule has 0 aromatic carbocycles.